The minimum atomic E-state index is -1.51. The molecule has 9 nitrogen and oxygen atoms in total. The molecule has 426 valence electrons. The zero-order valence-corrected chi connectivity index (χ0v) is 48.6. The lowest BCUT2D eigenvalue weighted by molar-refractivity contribution is -0.870. The molecule has 0 bridgehead atoms. The quantitative estimate of drug-likeness (QED) is 0.0211. The van der Waals surface area contributed by atoms with Gasteiger partial charge in [0, 0.05) is 12.8 Å². The number of carboxylic acid groups (broad SMARTS) is 1. The van der Waals surface area contributed by atoms with Crippen molar-refractivity contribution in [3.63, 3.8) is 0 Å². The van der Waals surface area contributed by atoms with E-state index in [4.69, 9.17) is 18.9 Å². The number of hydrogen-bond donors (Lipinski definition) is 1. The summed E-state index contributed by atoms with van der Waals surface area (Å²) in [5.41, 5.74) is 0. The number of allylic oxidation sites excluding steroid dienone is 2. The van der Waals surface area contributed by atoms with E-state index >= 15 is 0 Å². The van der Waals surface area contributed by atoms with Crippen molar-refractivity contribution in [1.29, 1.82) is 0 Å². The summed E-state index contributed by atoms with van der Waals surface area (Å²) >= 11 is 0. The highest BCUT2D eigenvalue weighted by atomic mass is 16.7. The molecule has 0 spiro atoms. The molecule has 72 heavy (non-hydrogen) atoms. The number of unbranched alkanes of at least 4 members (excludes halogenated alkanes) is 42. The van der Waals surface area contributed by atoms with Gasteiger partial charge in [0.1, 0.15) is 13.2 Å². The summed E-state index contributed by atoms with van der Waals surface area (Å²) in [6.07, 6.45) is 62.2. The Hall–Kier alpha value is -1.97. The third-order valence-electron chi connectivity index (χ3n) is 14.3. The minimum Gasteiger partial charge on any atom is -0.477 e. The first kappa shape index (κ1) is 70.0. The Morgan fingerprint density at radius 1 is 0.403 bits per heavy atom. The van der Waals surface area contributed by atoms with Gasteiger partial charge in [0.15, 0.2) is 6.10 Å². The average molecular weight is 1020 g/mol. The standard InChI is InChI=1S/C63H121NO8/c1-6-8-10-12-14-16-18-19-20-21-22-23-24-25-26-27-28-29-30-31-32-33-34-35-36-37-38-39-40-41-42-43-44-46-47-49-51-53-60(65)70-57-59(58-71-63(62(67)68)69-56-55-64(3,4)5)72-61(66)54-52-50-48-45-17-15-13-11-9-7-2/h11,13,59,63H,6-10,12,14-58H2,1-5H3/p+1/b13-11-. The smallest absolute Gasteiger partial charge is 0.361 e. The van der Waals surface area contributed by atoms with Crippen molar-refractivity contribution in [2.45, 2.75) is 328 Å². The number of carbonyl (C=O) groups excluding carboxylic acids is 2. The Kier molecular flexibility index (Phi) is 53.8. The summed E-state index contributed by atoms with van der Waals surface area (Å²) in [5.74, 6) is -2.00. The summed E-state index contributed by atoms with van der Waals surface area (Å²) in [4.78, 5) is 37.2. The number of quaternary nitrogens is 1. The highest BCUT2D eigenvalue weighted by Crippen LogP contribution is 2.18. The molecule has 0 saturated heterocycles. The van der Waals surface area contributed by atoms with Crippen LogP contribution in [0.2, 0.25) is 0 Å². The number of carboxylic acids is 1. The topological polar surface area (TPSA) is 108 Å². The fraction of sp³-hybridized carbons (Fsp3) is 0.921. The third-order valence-corrected chi connectivity index (χ3v) is 14.3. The second-order valence-electron chi connectivity index (χ2n) is 22.7. The van der Waals surface area contributed by atoms with Gasteiger partial charge in [-0.2, -0.15) is 0 Å². The van der Waals surface area contributed by atoms with Crippen molar-refractivity contribution in [2.24, 2.45) is 0 Å². The molecule has 0 heterocycles. The molecule has 0 aliphatic rings. The van der Waals surface area contributed by atoms with Gasteiger partial charge in [0.25, 0.3) is 6.29 Å². The van der Waals surface area contributed by atoms with Crippen LogP contribution in [0.1, 0.15) is 316 Å². The zero-order chi connectivity index (χ0) is 52.7. The van der Waals surface area contributed by atoms with Gasteiger partial charge < -0.3 is 28.5 Å². The summed E-state index contributed by atoms with van der Waals surface area (Å²) in [6, 6.07) is 0. The first-order valence-corrected chi connectivity index (χ1v) is 31.4. The van der Waals surface area contributed by atoms with Crippen molar-refractivity contribution in [3.05, 3.63) is 12.2 Å². The molecule has 0 aliphatic heterocycles. The Morgan fingerprint density at radius 3 is 1.08 bits per heavy atom. The molecule has 0 radical (unpaired) electrons. The van der Waals surface area contributed by atoms with Crippen LogP contribution in [0.5, 0.6) is 0 Å². The van der Waals surface area contributed by atoms with E-state index in [9.17, 15) is 19.5 Å². The molecule has 9 heteroatoms. The van der Waals surface area contributed by atoms with Gasteiger partial charge >= 0.3 is 17.9 Å². The summed E-state index contributed by atoms with van der Waals surface area (Å²) in [5, 5.41) is 9.66. The van der Waals surface area contributed by atoms with Crippen molar-refractivity contribution in [1.82, 2.24) is 0 Å². The first-order chi connectivity index (χ1) is 35.1. The molecule has 0 rings (SSSR count). The lowest BCUT2D eigenvalue weighted by Gasteiger charge is -2.25. The highest BCUT2D eigenvalue weighted by molar-refractivity contribution is 5.71. The number of carbonyl (C=O) groups is 3. The number of likely N-dealkylation sites (N-methyl/N-ethyl adjacent to an activating group) is 1. The van der Waals surface area contributed by atoms with Crippen LogP contribution in [-0.2, 0) is 33.3 Å². The lowest BCUT2D eigenvalue weighted by atomic mass is 10.0. The van der Waals surface area contributed by atoms with Crippen LogP contribution in [0.3, 0.4) is 0 Å². The van der Waals surface area contributed by atoms with Gasteiger partial charge in [0.05, 0.1) is 34.4 Å². The summed E-state index contributed by atoms with van der Waals surface area (Å²) in [6.45, 7) is 4.84. The fourth-order valence-electron chi connectivity index (χ4n) is 9.43. The largest absolute Gasteiger partial charge is 0.477 e. The first-order valence-electron chi connectivity index (χ1n) is 31.4. The predicted octanol–water partition coefficient (Wildman–Crippen LogP) is 18.5. The second-order valence-corrected chi connectivity index (χ2v) is 22.7. The molecule has 0 aliphatic carbocycles. The van der Waals surface area contributed by atoms with Crippen LogP contribution in [0.25, 0.3) is 0 Å². The van der Waals surface area contributed by atoms with Gasteiger partial charge in [-0.05, 0) is 32.1 Å². The van der Waals surface area contributed by atoms with Gasteiger partial charge in [-0.3, -0.25) is 9.59 Å². The zero-order valence-electron chi connectivity index (χ0n) is 48.6. The number of esters is 2. The van der Waals surface area contributed by atoms with Crippen LogP contribution in [0.4, 0.5) is 0 Å². The van der Waals surface area contributed by atoms with E-state index in [0.29, 0.717) is 23.9 Å². The van der Waals surface area contributed by atoms with E-state index in [-0.39, 0.29) is 32.2 Å². The molecular weight excluding hydrogens is 899 g/mol. The van der Waals surface area contributed by atoms with Crippen molar-refractivity contribution < 1.29 is 42.9 Å². The molecule has 0 saturated carbocycles. The molecular formula is C63H122NO8+. The lowest BCUT2D eigenvalue weighted by Crippen LogP contribution is -2.40. The monoisotopic (exact) mass is 1020 g/mol. The number of rotatable bonds is 59. The van der Waals surface area contributed by atoms with Crippen LogP contribution in [0, 0.1) is 0 Å². The number of ether oxygens (including phenoxy) is 4. The average Bonchev–Trinajstić information content (AvgIpc) is 3.35. The predicted molar refractivity (Wildman–Crippen MR) is 305 cm³/mol. The third kappa shape index (κ3) is 55.8. The SMILES string of the molecule is CCC/C=C\CCCCCCCC(=O)OC(COC(=O)CCCCCCCCCCCCCCCCCCCCCCCCCCCCCCCCCCCCCCC)COC(OCC[N+](C)(C)C)C(=O)O. The number of nitrogens with zero attached hydrogens (tertiary/aromatic N) is 1. The molecule has 2 atom stereocenters. The highest BCUT2D eigenvalue weighted by Gasteiger charge is 2.25. The summed E-state index contributed by atoms with van der Waals surface area (Å²) in [7, 11) is 5.97. The molecule has 0 aromatic heterocycles. The maximum atomic E-state index is 12.8. The minimum absolute atomic E-state index is 0.180. The maximum absolute atomic E-state index is 12.8. The summed E-state index contributed by atoms with van der Waals surface area (Å²) < 4.78 is 22.8. The van der Waals surface area contributed by atoms with E-state index in [2.05, 4.69) is 26.0 Å². The van der Waals surface area contributed by atoms with Crippen molar-refractivity contribution in [3.8, 4) is 0 Å². The van der Waals surface area contributed by atoms with E-state index in [1.54, 1.807) is 0 Å². The number of aliphatic carboxylic acids is 1. The van der Waals surface area contributed by atoms with Gasteiger partial charge in [0.2, 0.25) is 0 Å². The molecule has 0 fully saturated rings. The molecule has 1 N–H and O–H groups in total. The van der Waals surface area contributed by atoms with E-state index < -0.39 is 24.3 Å². The van der Waals surface area contributed by atoms with E-state index in [1.807, 2.05) is 21.1 Å². The molecule has 0 aromatic rings. The Morgan fingerprint density at radius 2 is 0.736 bits per heavy atom. The Labute approximate surface area is 446 Å². The molecule has 2 unspecified atom stereocenters. The van der Waals surface area contributed by atoms with Gasteiger partial charge in [-0.25, -0.2) is 4.79 Å². The van der Waals surface area contributed by atoms with Gasteiger partial charge in [-0.15, -0.1) is 0 Å². The van der Waals surface area contributed by atoms with Gasteiger partial charge in [-0.1, -0.05) is 283 Å². The Balaban J connectivity index is 3.83. The van der Waals surface area contributed by atoms with E-state index in [0.717, 1.165) is 57.8 Å². The van der Waals surface area contributed by atoms with Crippen LogP contribution >= 0.6 is 0 Å². The Bertz CT molecular complexity index is 1190. The molecule has 0 aromatic carbocycles. The van der Waals surface area contributed by atoms with Crippen molar-refractivity contribution in [2.75, 3.05) is 47.5 Å². The van der Waals surface area contributed by atoms with Crippen molar-refractivity contribution >= 4 is 17.9 Å². The fourth-order valence-corrected chi connectivity index (χ4v) is 9.43. The van der Waals surface area contributed by atoms with Crippen LogP contribution in [-0.4, -0.2) is 87.4 Å². The molecule has 0 amide bonds. The van der Waals surface area contributed by atoms with Crippen LogP contribution < -0.4 is 0 Å². The maximum Gasteiger partial charge on any atom is 0.361 e. The number of hydrogen-bond acceptors (Lipinski definition) is 7. The normalized spacial score (nSPS) is 12.7. The van der Waals surface area contributed by atoms with E-state index in [1.165, 1.54) is 225 Å². The second kappa shape index (κ2) is 55.3. The van der Waals surface area contributed by atoms with Crippen LogP contribution in [0.15, 0.2) is 12.2 Å².